The van der Waals surface area contributed by atoms with Crippen molar-refractivity contribution >= 4 is 12.0 Å². The largest absolute Gasteiger partial charge is 0.481 e. The van der Waals surface area contributed by atoms with E-state index in [9.17, 15) is 14.7 Å². The number of rotatable bonds is 7. The van der Waals surface area contributed by atoms with E-state index in [4.69, 9.17) is 5.11 Å². The third kappa shape index (κ3) is 7.90. The molecule has 0 bridgehead atoms. The molecule has 21 heavy (non-hydrogen) atoms. The first kappa shape index (κ1) is 17.8. The Balaban J connectivity index is 2.30. The lowest BCUT2D eigenvalue weighted by molar-refractivity contribution is -0.138. The maximum Gasteiger partial charge on any atom is 0.315 e. The topological polar surface area (TPSA) is 98.7 Å². The Bertz CT molecular complexity index is 339. The van der Waals surface area contributed by atoms with Crippen molar-refractivity contribution < 1.29 is 19.8 Å². The predicted octanol–water partition coefficient (Wildman–Crippen LogP) is 1.73. The van der Waals surface area contributed by atoms with Gasteiger partial charge in [-0.2, -0.15) is 0 Å². The number of hydrogen-bond acceptors (Lipinski definition) is 3. The minimum atomic E-state index is -0.830. The van der Waals surface area contributed by atoms with Crippen molar-refractivity contribution in [1.82, 2.24) is 10.6 Å². The van der Waals surface area contributed by atoms with Crippen LogP contribution in [0.5, 0.6) is 0 Å². The van der Waals surface area contributed by atoms with Gasteiger partial charge in [-0.15, -0.1) is 0 Å². The Morgan fingerprint density at radius 3 is 2.33 bits per heavy atom. The smallest absolute Gasteiger partial charge is 0.315 e. The quantitative estimate of drug-likeness (QED) is 0.575. The number of hydrogen-bond donors (Lipinski definition) is 4. The number of carbonyl (C=O) groups is 2. The normalized spacial score (nSPS) is 23.6. The van der Waals surface area contributed by atoms with E-state index in [-0.39, 0.29) is 30.5 Å². The highest BCUT2D eigenvalue weighted by molar-refractivity contribution is 5.74. The van der Waals surface area contributed by atoms with Crippen LogP contribution < -0.4 is 10.6 Å². The summed E-state index contributed by atoms with van der Waals surface area (Å²) in [5.41, 5.74) is 0. The van der Waals surface area contributed by atoms with Crippen molar-refractivity contribution in [2.75, 3.05) is 6.54 Å². The fraction of sp³-hybridized carbons (Fsp3) is 0.867. The van der Waals surface area contributed by atoms with Gasteiger partial charge in [-0.1, -0.05) is 13.8 Å². The van der Waals surface area contributed by atoms with Gasteiger partial charge in [0, 0.05) is 19.0 Å². The molecular formula is C15H28N2O4. The maximum atomic E-state index is 11.8. The number of aliphatic hydroxyl groups excluding tert-OH is 1. The predicted molar refractivity (Wildman–Crippen MR) is 80.0 cm³/mol. The molecule has 122 valence electrons. The molecule has 0 aromatic carbocycles. The average Bonchev–Trinajstić information content (AvgIpc) is 2.37. The summed E-state index contributed by atoms with van der Waals surface area (Å²) in [7, 11) is 0. The van der Waals surface area contributed by atoms with Gasteiger partial charge in [0.05, 0.1) is 6.10 Å². The second-order valence-corrected chi connectivity index (χ2v) is 6.45. The van der Waals surface area contributed by atoms with Gasteiger partial charge in [0.1, 0.15) is 0 Å². The minimum absolute atomic E-state index is 0.0403. The summed E-state index contributed by atoms with van der Waals surface area (Å²) in [6, 6.07) is -0.132. The number of aliphatic hydroxyl groups is 1. The molecule has 0 aromatic rings. The van der Waals surface area contributed by atoms with Crippen LogP contribution in [0.1, 0.15) is 52.4 Å². The molecule has 0 spiro atoms. The van der Waals surface area contributed by atoms with E-state index in [0.717, 1.165) is 32.1 Å². The zero-order chi connectivity index (χ0) is 15.8. The Morgan fingerprint density at radius 1 is 1.19 bits per heavy atom. The lowest BCUT2D eigenvalue weighted by Crippen LogP contribution is -2.45. The monoisotopic (exact) mass is 300 g/mol. The van der Waals surface area contributed by atoms with Gasteiger partial charge in [-0.25, -0.2) is 4.79 Å². The Morgan fingerprint density at radius 2 is 1.81 bits per heavy atom. The molecule has 1 fully saturated rings. The summed E-state index contributed by atoms with van der Waals surface area (Å²) in [4.78, 5) is 22.7. The Kier molecular flexibility index (Phi) is 7.50. The van der Waals surface area contributed by atoms with Gasteiger partial charge in [-0.05, 0) is 43.9 Å². The molecule has 0 aromatic heterocycles. The molecule has 1 aliphatic rings. The SMILES string of the molecule is CC(C)CC(CNC(=O)NC1CCC(O)CC1)CC(=O)O. The van der Waals surface area contributed by atoms with Crippen molar-refractivity contribution in [3.8, 4) is 0 Å². The molecule has 1 rings (SSSR count). The summed E-state index contributed by atoms with van der Waals surface area (Å²) in [6.45, 7) is 4.47. The molecule has 0 saturated heterocycles. The standard InChI is InChI=1S/C15H28N2O4/c1-10(2)7-11(8-14(19)20)9-16-15(21)17-12-3-5-13(18)6-4-12/h10-13,18H,3-9H2,1-2H3,(H,19,20)(H2,16,17,21). The number of amides is 2. The molecule has 4 N–H and O–H groups in total. The van der Waals surface area contributed by atoms with E-state index in [1.165, 1.54) is 0 Å². The van der Waals surface area contributed by atoms with Crippen LogP contribution in [0.4, 0.5) is 4.79 Å². The van der Waals surface area contributed by atoms with Gasteiger partial charge >= 0.3 is 12.0 Å². The van der Waals surface area contributed by atoms with E-state index in [1.807, 2.05) is 13.8 Å². The second kappa shape index (κ2) is 8.87. The zero-order valence-electron chi connectivity index (χ0n) is 13.0. The molecule has 2 amide bonds. The van der Waals surface area contributed by atoms with Crippen molar-refractivity contribution in [2.24, 2.45) is 11.8 Å². The number of carbonyl (C=O) groups excluding carboxylic acids is 1. The zero-order valence-corrected chi connectivity index (χ0v) is 13.0. The van der Waals surface area contributed by atoms with Crippen LogP contribution in [-0.2, 0) is 4.79 Å². The molecule has 1 aliphatic carbocycles. The first-order chi connectivity index (χ1) is 9.86. The first-order valence-corrected chi connectivity index (χ1v) is 7.81. The van der Waals surface area contributed by atoms with E-state index in [0.29, 0.717) is 12.5 Å². The molecule has 1 saturated carbocycles. The third-order valence-corrected chi connectivity index (χ3v) is 3.85. The first-order valence-electron chi connectivity index (χ1n) is 7.81. The van der Waals surface area contributed by atoms with Crippen LogP contribution >= 0.6 is 0 Å². The van der Waals surface area contributed by atoms with Crippen molar-refractivity contribution in [1.29, 1.82) is 0 Å². The molecule has 0 radical (unpaired) electrons. The molecule has 0 aliphatic heterocycles. The van der Waals surface area contributed by atoms with E-state index in [2.05, 4.69) is 10.6 Å². The fourth-order valence-corrected chi connectivity index (χ4v) is 2.85. The summed E-state index contributed by atoms with van der Waals surface area (Å²) >= 11 is 0. The minimum Gasteiger partial charge on any atom is -0.481 e. The summed E-state index contributed by atoms with van der Waals surface area (Å²) in [6.07, 6.45) is 3.64. The van der Waals surface area contributed by atoms with Crippen LogP contribution in [0.15, 0.2) is 0 Å². The third-order valence-electron chi connectivity index (χ3n) is 3.85. The molecule has 6 nitrogen and oxygen atoms in total. The highest BCUT2D eigenvalue weighted by Crippen LogP contribution is 2.18. The van der Waals surface area contributed by atoms with Crippen molar-refractivity contribution in [3.63, 3.8) is 0 Å². The van der Waals surface area contributed by atoms with Crippen LogP contribution in [0.25, 0.3) is 0 Å². The van der Waals surface area contributed by atoms with Crippen LogP contribution in [0, 0.1) is 11.8 Å². The van der Waals surface area contributed by atoms with E-state index >= 15 is 0 Å². The van der Waals surface area contributed by atoms with Gasteiger partial charge in [0.25, 0.3) is 0 Å². The fourth-order valence-electron chi connectivity index (χ4n) is 2.85. The molecule has 1 atom stereocenters. The Labute approximate surface area is 126 Å². The van der Waals surface area contributed by atoms with E-state index in [1.54, 1.807) is 0 Å². The number of nitrogens with one attached hydrogen (secondary N) is 2. The maximum absolute atomic E-state index is 11.8. The highest BCUT2D eigenvalue weighted by Gasteiger charge is 2.21. The Hall–Kier alpha value is -1.30. The average molecular weight is 300 g/mol. The van der Waals surface area contributed by atoms with Gasteiger partial charge in [-0.3, -0.25) is 4.79 Å². The van der Waals surface area contributed by atoms with Gasteiger partial charge in [0.2, 0.25) is 0 Å². The number of carboxylic acid groups (broad SMARTS) is 1. The van der Waals surface area contributed by atoms with Crippen LogP contribution in [0.2, 0.25) is 0 Å². The highest BCUT2D eigenvalue weighted by atomic mass is 16.4. The molecule has 0 heterocycles. The number of urea groups is 1. The van der Waals surface area contributed by atoms with Crippen LogP contribution in [-0.4, -0.2) is 40.9 Å². The van der Waals surface area contributed by atoms with Crippen molar-refractivity contribution in [2.45, 2.75) is 64.5 Å². The number of aliphatic carboxylic acids is 1. The summed E-state index contributed by atoms with van der Waals surface area (Å²) < 4.78 is 0. The van der Waals surface area contributed by atoms with Gasteiger partial charge in [0.15, 0.2) is 0 Å². The van der Waals surface area contributed by atoms with E-state index < -0.39 is 5.97 Å². The van der Waals surface area contributed by atoms with Gasteiger partial charge < -0.3 is 20.8 Å². The summed E-state index contributed by atoms with van der Waals surface area (Å²) in [5, 5.41) is 24.0. The molecule has 6 heteroatoms. The molecular weight excluding hydrogens is 272 g/mol. The lowest BCUT2D eigenvalue weighted by atomic mass is 9.93. The number of carboxylic acids is 1. The summed E-state index contributed by atoms with van der Waals surface area (Å²) in [5.74, 6) is -0.468. The second-order valence-electron chi connectivity index (χ2n) is 6.45. The van der Waals surface area contributed by atoms with Crippen molar-refractivity contribution in [3.05, 3.63) is 0 Å². The molecule has 1 unspecified atom stereocenters. The van der Waals surface area contributed by atoms with Crippen LogP contribution in [0.3, 0.4) is 0 Å². The lowest BCUT2D eigenvalue weighted by Gasteiger charge is -2.26.